The zero-order valence-corrected chi connectivity index (χ0v) is 16.8. The van der Waals surface area contributed by atoms with Gasteiger partial charge in [-0.15, -0.1) is 0 Å². The lowest BCUT2D eigenvalue weighted by Gasteiger charge is -2.17. The Balaban J connectivity index is 2.12. The fourth-order valence-corrected chi connectivity index (χ4v) is 6.49. The second kappa shape index (κ2) is 7.30. The van der Waals surface area contributed by atoms with Crippen LogP contribution in [0.4, 0.5) is 4.39 Å². The molecule has 0 saturated heterocycles. The van der Waals surface area contributed by atoms with Gasteiger partial charge in [0.2, 0.25) is 0 Å². The maximum absolute atomic E-state index is 13.8. The predicted molar refractivity (Wildman–Crippen MR) is 107 cm³/mol. The van der Waals surface area contributed by atoms with Crippen molar-refractivity contribution >= 4 is 27.0 Å². The molecule has 0 unspecified atom stereocenters. The fourth-order valence-electron chi connectivity index (χ4n) is 3.72. The van der Waals surface area contributed by atoms with E-state index in [-0.39, 0.29) is 16.5 Å². The lowest BCUT2D eigenvalue weighted by Crippen LogP contribution is -2.33. The molecule has 27 heavy (non-hydrogen) atoms. The first-order chi connectivity index (χ1) is 12.7. The first-order valence-corrected chi connectivity index (χ1v) is 10.6. The number of halogens is 1. The van der Waals surface area contributed by atoms with Gasteiger partial charge in [0.15, 0.2) is 9.84 Å². The summed E-state index contributed by atoms with van der Waals surface area (Å²) in [5.41, 5.74) is 6.49. The third-order valence-electron chi connectivity index (χ3n) is 5.15. The third-order valence-corrected chi connectivity index (χ3v) is 7.82. The maximum Gasteiger partial charge on any atom is 0.182 e. The highest BCUT2D eigenvalue weighted by Crippen LogP contribution is 2.64. The number of aryl methyl sites for hydroxylation is 1. The summed E-state index contributed by atoms with van der Waals surface area (Å²) in [7, 11) is -3.75. The van der Waals surface area contributed by atoms with Gasteiger partial charge in [-0.2, -0.15) is 0 Å². The molecule has 0 radical (unpaired) electrons. The van der Waals surface area contributed by atoms with Crippen molar-refractivity contribution in [2.75, 3.05) is 13.2 Å². The van der Waals surface area contributed by atoms with Crippen LogP contribution >= 0.6 is 12.2 Å². The van der Waals surface area contributed by atoms with Crippen molar-refractivity contribution in [3.63, 3.8) is 0 Å². The van der Waals surface area contributed by atoms with Gasteiger partial charge in [0, 0.05) is 12.5 Å². The van der Waals surface area contributed by atoms with Crippen LogP contribution in [0.2, 0.25) is 0 Å². The summed E-state index contributed by atoms with van der Waals surface area (Å²) in [5.74, 6) is -0.984. The van der Waals surface area contributed by atoms with Gasteiger partial charge in [0.25, 0.3) is 0 Å². The molecule has 0 amide bonds. The molecule has 2 aromatic carbocycles. The van der Waals surface area contributed by atoms with Crippen molar-refractivity contribution in [1.82, 2.24) is 0 Å². The Bertz CT molecular complexity index is 959. The molecular formula is C20H22FNO3S2. The summed E-state index contributed by atoms with van der Waals surface area (Å²) in [6, 6.07) is 12.6. The normalized spacial score (nSPS) is 24.6. The van der Waals surface area contributed by atoms with Gasteiger partial charge in [-0.05, 0) is 43.7 Å². The topological polar surface area (TPSA) is 69.4 Å². The zero-order chi connectivity index (χ0) is 19.8. The van der Waals surface area contributed by atoms with Crippen LogP contribution in [-0.4, -0.2) is 31.9 Å². The van der Waals surface area contributed by atoms with E-state index in [9.17, 15) is 12.8 Å². The highest BCUT2D eigenvalue weighted by molar-refractivity contribution is 7.92. The summed E-state index contributed by atoms with van der Waals surface area (Å²) in [5, 5.41) is -0.890. The Labute approximate surface area is 164 Å². The summed E-state index contributed by atoms with van der Waals surface area (Å²) < 4.78 is 46.2. The second-order valence-electron chi connectivity index (χ2n) is 6.85. The highest BCUT2D eigenvalue weighted by atomic mass is 32.2. The van der Waals surface area contributed by atoms with Crippen molar-refractivity contribution in [1.29, 1.82) is 0 Å². The van der Waals surface area contributed by atoms with Crippen molar-refractivity contribution in [3.8, 4) is 0 Å². The Morgan fingerprint density at radius 3 is 2.48 bits per heavy atom. The number of thiocarbonyl (C=S) groups is 1. The minimum atomic E-state index is -3.75. The van der Waals surface area contributed by atoms with E-state index in [1.807, 2.05) is 13.8 Å². The summed E-state index contributed by atoms with van der Waals surface area (Å²) in [6.07, 6.45) is 0. The van der Waals surface area contributed by atoms with E-state index in [1.165, 1.54) is 12.1 Å². The van der Waals surface area contributed by atoms with Crippen LogP contribution in [-0.2, 0) is 14.6 Å². The first-order valence-electron chi connectivity index (χ1n) is 8.69. The van der Waals surface area contributed by atoms with Crippen molar-refractivity contribution in [2.24, 2.45) is 11.1 Å². The molecule has 3 atom stereocenters. The average Bonchev–Trinajstić information content (AvgIpc) is 3.32. The summed E-state index contributed by atoms with van der Waals surface area (Å²) in [4.78, 5) is 0.278. The van der Waals surface area contributed by atoms with Crippen molar-refractivity contribution < 1.29 is 17.5 Å². The van der Waals surface area contributed by atoms with E-state index in [2.05, 4.69) is 0 Å². The third kappa shape index (κ3) is 3.39. The molecule has 1 saturated carbocycles. The maximum atomic E-state index is 13.8. The van der Waals surface area contributed by atoms with Gasteiger partial charge >= 0.3 is 0 Å². The molecule has 2 N–H and O–H groups in total. The molecule has 4 nitrogen and oxygen atoms in total. The number of hydrogen-bond donors (Lipinski definition) is 1. The Morgan fingerprint density at radius 2 is 1.93 bits per heavy atom. The molecule has 1 aliphatic rings. The largest absolute Gasteiger partial charge is 0.393 e. The van der Waals surface area contributed by atoms with Crippen LogP contribution in [0, 0.1) is 18.2 Å². The fraction of sp³-hybridized carbons (Fsp3) is 0.350. The molecule has 2 aromatic rings. The lowest BCUT2D eigenvalue weighted by atomic mass is 10.00. The van der Waals surface area contributed by atoms with E-state index in [4.69, 9.17) is 22.7 Å². The van der Waals surface area contributed by atoms with E-state index in [0.717, 1.165) is 5.56 Å². The molecular weight excluding hydrogens is 385 g/mol. The zero-order valence-electron chi connectivity index (χ0n) is 15.2. The van der Waals surface area contributed by atoms with Gasteiger partial charge in [0.1, 0.15) is 5.82 Å². The molecule has 0 aromatic heterocycles. The van der Waals surface area contributed by atoms with Crippen LogP contribution in [0.25, 0.3) is 0 Å². The van der Waals surface area contributed by atoms with Gasteiger partial charge in [-0.25, -0.2) is 12.8 Å². The molecule has 0 aliphatic heterocycles. The Kier molecular flexibility index (Phi) is 5.38. The number of sulfone groups is 1. The van der Waals surface area contributed by atoms with Crippen LogP contribution in [0.15, 0.2) is 53.4 Å². The molecule has 0 bridgehead atoms. The second-order valence-corrected chi connectivity index (χ2v) is 9.36. The smallest absolute Gasteiger partial charge is 0.182 e. The number of rotatable bonds is 7. The SMILES string of the molecule is CCOC[C@@]1(C(N)=S)[C@H](S(=O)(=O)c2ccc(C)cc2)[C@@H]1c1cccc(F)c1. The molecule has 1 aliphatic carbocycles. The standard InChI is InChI=1S/C20H22FNO3S2/c1-3-25-12-20(19(22)26)17(14-5-4-6-15(21)11-14)18(20)27(23,24)16-9-7-13(2)8-10-16/h4-11,17-18H,3,12H2,1-2H3,(H2,22,26)/t17-,18+,20-/m0/s1. The van der Waals surface area contributed by atoms with E-state index >= 15 is 0 Å². The highest BCUT2D eigenvalue weighted by Gasteiger charge is 2.73. The number of benzene rings is 2. The minimum absolute atomic E-state index is 0.0749. The van der Waals surface area contributed by atoms with Crippen LogP contribution in [0.1, 0.15) is 24.0 Å². The average molecular weight is 408 g/mol. The van der Waals surface area contributed by atoms with Crippen LogP contribution < -0.4 is 5.73 Å². The molecule has 144 valence electrons. The molecule has 3 rings (SSSR count). The quantitative estimate of drug-likeness (QED) is 0.713. The Morgan fingerprint density at radius 1 is 1.26 bits per heavy atom. The monoisotopic (exact) mass is 407 g/mol. The lowest BCUT2D eigenvalue weighted by molar-refractivity contribution is 0.121. The van der Waals surface area contributed by atoms with Crippen molar-refractivity contribution in [2.45, 2.75) is 29.9 Å². The molecule has 1 fully saturated rings. The van der Waals surface area contributed by atoms with Gasteiger partial charge in [0.05, 0.1) is 27.2 Å². The Hall–Kier alpha value is -1.83. The number of hydrogen-bond acceptors (Lipinski definition) is 4. The van der Waals surface area contributed by atoms with Gasteiger partial charge in [-0.1, -0.05) is 42.0 Å². The van der Waals surface area contributed by atoms with E-state index in [1.54, 1.807) is 36.4 Å². The van der Waals surface area contributed by atoms with Crippen LogP contribution in [0.5, 0.6) is 0 Å². The van der Waals surface area contributed by atoms with Crippen LogP contribution in [0.3, 0.4) is 0 Å². The van der Waals surface area contributed by atoms with Gasteiger partial charge < -0.3 is 10.5 Å². The van der Waals surface area contributed by atoms with Crippen molar-refractivity contribution in [3.05, 3.63) is 65.5 Å². The summed E-state index contributed by atoms with van der Waals surface area (Å²) in [6.45, 7) is 4.18. The molecule has 7 heteroatoms. The van der Waals surface area contributed by atoms with Gasteiger partial charge in [-0.3, -0.25) is 0 Å². The minimum Gasteiger partial charge on any atom is -0.393 e. The first kappa shape index (κ1) is 19.9. The predicted octanol–water partition coefficient (Wildman–Crippen LogP) is 3.38. The summed E-state index contributed by atoms with van der Waals surface area (Å²) >= 11 is 5.27. The number of nitrogens with two attached hydrogens (primary N) is 1. The number of ether oxygens (including phenoxy) is 1. The van der Waals surface area contributed by atoms with E-state index < -0.39 is 32.2 Å². The van der Waals surface area contributed by atoms with E-state index in [0.29, 0.717) is 12.2 Å². The molecule has 0 spiro atoms. The molecule has 0 heterocycles.